The van der Waals surface area contributed by atoms with Gasteiger partial charge in [0.25, 0.3) is 0 Å². The highest BCUT2D eigenvalue weighted by molar-refractivity contribution is 7.88. The third kappa shape index (κ3) is 6.52. The van der Waals surface area contributed by atoms with Crippen LogP contribution in [0.1, 0.15) is 70.9 Å². The third-order valence-electron chi connectivity index (χ3n) is 9.09. The number of hydrogen-bond donors (Lipinski definition) is 2. The first-order valence-corrected chi connectivity index (χ1v) is 16.3. The van der Waals surface area contributed by atoms with Crippen LogP contribution in [0.2, 0.25) is 0 Å². The molecular weight excluding hydrogens is 530 g/mol. The molecule has 3 fully saturated rings. The second-order valence-corrected chi connectivity index (χ2v) is 14.8. The van der Waals surface area contributed by atoms with Crippen LogP contribution in [0.3, 0.4) is 0 Å². The number of nitrogens with one attached hydrogen (secondary N) is 1. The number of ether oxygens (including phenoxy) is 1. The fourth-order valence-corrected chi connectivity index (χ4v) is 7.31. The average Bonchev–Trinajstić information content (AvgIpc) is 2.90. The van der Waals surface area contributed by atoms with E-state index < -0.39 is 16.1 Å². The minimum Gasteiger partial charge on any atom is -0.446 e. The van der Waals surface area contributed by atoms with E-state index in [2.05, 4.69) is 31.1 Å². The van der Waals surface area contributed by atoms with Crippen LogP contribution in [-0.2, 0) is 14.8 Å². The van der Waals surface area contributed by atoms with Crippen molar-refractivity contribution in [2.24, 2.45) is 11.3 Å². The molecule has 2 saturated heterocycles. The van der Waals surface area contributed by atoms with Crippen molar-refractivity contribution in [3.05, 3.63) is 30.2 Å². The van der Waals surface area contributed by atoms with Crippen molar-refractivity contribution >= 4 is 32.7 Å². The lowest BCUT2D eigenvalue weighted by molar-refractivity contribution is 0.0177. The number of pyridine rings is 2. The van der Waals surface area contributed by atoms with E-state index in [0.29, 0.717) is 37.3 Å². The topological polar surface area (TPSA) is 125 Å². The van der Waals surface area contributed by atoms with Crippen molar-refractivity contribution in [3.8, 4) is 0 Å². The highest BCUT2D eigenvalue weighted by Crippen LogP contribution is 2.38. The van der Waals surface area contributed by atoms with Crippen LogP contribution in [0.25, 0.3) is 10.8 Å². The Morgan fingerprint density at radius 3 is 2.55 bits per heavy atom. The highest BCUT2D eigenvalue weighted by atomic mass is 32.2. The lowest BCUT2D eigenvalue weighted by atomic mass is 9.76. The molecule has 10 nitrogen and oxygen atoms in total. The summed E-state index contributed by atoms with van der Waals surface area (Å²) in [4.78, 5) is 24.2. The van der Waals surface area contributed by atoms with Crippen molar-refractivity contribution in [1.29, 1.82) is 0 Å². The van der Waals surface area contributed by atoms with E-state index in [1.54, 1.807) is 0 Å². The number of nitrogens with zero attached hydrogens (tertiary/aromatic N) is 4. The van der Waals surface area contributed by atoms with Crippen LogP contribution >= 0.6 is 0 Å². The van der Waals surface area contributed by atoms with Crippen LogP contribution in [0.4, 0.5) is 10.6 Å². The number of fused-ring (bicyclic) bond motifs is 1. The zero-order chi connectivity index (χ0) is 28.7. The van der Waals surface area contributed by atoms with Gasteiger partial charge in [-0.3, -0.25) is 4.98 Å². The van der Waals surface area contributed by atoms with E-state index in [4.69, 9.17) is 9.72 Å². The van der Waals surface area contributed by atoms with Crippen LogP contribution in [0.15, 0.2) is 24.5 Å². The molecule has 1 saturated carbocycles. The molecule has 4 heterocycles. The molecule has 220 valence electrons. The number of anilines is 1. The van der Waals surface area contributed by atoms with Gasteiger partial charge < -0.3 is 20.1 Å². The maximum atomic E-state index is 13.0. The monoisotopic (exact) mass is 573 g/mol. The molecule has 2 aliphatic heterocycles. The van der Waals surface area contributed by atoms with E-state index in [9.17, 15) is 18.3 Å². The molecule has 1 amide bonds. The van der Waals surface area contributed by atoms with E-state index in [1.165, 1.54) is 10.6 Å². The molecule has 2 N–H and O–H groups in total. The Hall–Kier alpha value is -2.50. The molecule has 3 aliphatic rings. The summed E-state index contributed by atoms with van der Waals surface area (Å²) >= 11 is 0. The van der Waals surface area contributed by atoms with Gasteiger partial charge in [0.1, 0.15) is 11.9 Å². The van der Waals surface area contributed by atoms with Crippen molar-refractivity contribution in [3.63, 3.8) is 0 Å². The largest absolute Gasteiger partial charge is 0.446 e. The average molecular weight is 574 g/mol. The van der Waals surface area contributed by atoms with E-state index in [1.807, 2.05) is 29.4 Å². The lowest BCUT2D eigenvalue weighted by Crippen LogP contribution is -2.51. The first kappa shape index (κ1) is 29.0. The predicted octanol–water partition coefficient (Wildman–Crippen LogP) is 3.97. The van der Waals surface area contributed by atoms with Gasteiger partial charge >= 0.3 is 6.09 Å². The fraction of sp³-hybridized carbons (Fsp3) is 0.690. The number of carbonyl (C=O) groups is 1. The summed E-state index contributed by atoms with van der Waals surface area (Å²) in [5, 5.41) is 15.9. The van der Waals surface area contributed by atoms with Crippen LogP contribution in [0, 0.1) is 11.3 Å². The minimum absolute atomic E-state index is 0.0174. The zero-order valence-corrected chi connectivity index (χ0v) is 24.9. The number of likely N-dealkylation sites (tertiary alicyclic amines) is 1. The van der Waals surface area contributed by atoms with E-state index in [0.717, 1.165) is 48.6 Å². The Bertz CT molecular complexity index is 1330. The summed E-state index contributed by atoms with van der Waals surface area (Å²) in [6, 6.07) is 3.62. The van der Waals surface area contributed by atoms with Gasteiger partial charge in [0.05, 0.1) is 24.1 Å². The number of aliphatic hydroxyl groups excluding tert-OH is 1. The second kappa shape index (κ2) is 11.4. The van der Waals surface area contributed by atoms with Gasteiger partial charge in [-0.15, -0.1) is 0 Å². The Morgan fingerprint density at radius 1 is 1.12 bits per heavy atom. The molecule has 0 radical (unpaired) electrons. The minimum atomic E-state index is -3.34. The number of aliphatic hydroxyl groups is 1. The van der Waals surface area contributed by atoms with Gasteiger partial charge in [0, 0.05) is 55.3 Å². The fourth-order valence-electron chi connectivity index (χ4n) is 6.45. The molecule has 0 aromatic carbocycles. The number of amides is 1. The van der Waals surface area contributed by atoms with Crippen LogP contribution in [-0.4, -0.2) is 89.5 Å². The molecule has 40 heavy (non-hydrogen) atoms. The van der Waals surface area contributed by atoms with Crippen molar-refractivity contribution in [1.82, 2.24) is 19.2 Å². The highest BCUT2D eigenvalue weighted by Gasteiger charge is 2.35. The number of rotatable bonds is 5. The number of sulfonamides is 1. The Morgan fingerprint density at radius 2 is 1.88 bits per heavy atom. The Kier molecular flexibility index (Phi) is 8.27. The maximum Gasteiger partial charge on any atom is 0.410 e. The number of piperidine rings is 2. The summed E-state index contributed by atoms with van der Waals surface area (Å²) in [5.41, 5.74) is 1.33. The summed E-state index contributed by atoms with van der Waals surface area (Å²) in [5.74, 6) is 1.02. The number of β-amino-alcohol motifs (C(OH)–C–C–N with tert-alkyl or cyclic N) is 1. The normalized spacial score (nSPS) is 28.4. The molecule has 0 bridgehead atoms. The van der Waals surface area contributed by atoms with Crippen LogP contribution in [0.5, 0.6) is 0 Å². The van der Waals surface area contributed by atoms with E-state index in [-0.39, 0.29) is 36.6 Å². The van der Waals surface area contributed by atoms with Crippen molar-refractivity contribution < 1.29 is 23.1 Å². The zero-order valence-electron chi connectivity index (χ0n) is 24.0. The molecule has 11 heteroatoms. The summed E-state index contributed by atoms with van der Waals surface area (Å²) in [6.07, 6.45) is 9.09. The molecule has 2 aromatic heterocycles. The smallest absolute Gasteiger partial charge is 0.410 e. The standard InChI is InChI=1S/C29H43N5O5S/c1-19-17-33(28(36)39-21-5-10-29(2,3)11-6-21)13-8-22(19)27-23-15-26(31-16-20(23)7-12-30-27)32-24-9-14-34(18-25(24)35)40(4,37)38/h7,12,15-16,19,21-22,24-25,35H,5-6,8-11,13-14,17-18H2,1-4H3,(H,31,32)/t19-,22-,24-,25-/m1/s1. The van der Waals surface area contributed by atoms with Gasteiger partial charge in [0.2, 0.25) is 10.0 Å². The number of carbonyl (C=O) groups excluding carboxylic acids is 1. The summed E-state index contributed by atoms with van der Waals surface area (Å²) in [6.45, 7) is 8.40. The molecular formula is C29H43N5O5S. The first-order chi connectivity index (χ1) is 18.9. The van der Waals surface area contributed by atoms with Crippen molar-refractivity contribution in [2.75, 3.05) is 37.8 Å². The maximum absolute atomic E-state index is 13.0. The van der Waals surface area contributed by atoms with Crippen LogP contribution < -0.4 is 5.32 Å². The summed E-state index contributed by atoms with van der Waals surface area (Å²) in [7, 11) is -3.34. The first-order valence-electron chi connectivity index (χ1n) is 14.5. The Balaban J connectivity index is 1.24. The lowest BCUT2D eigenvalue weighted by Gasteiger charge is -2.38. The molecule has 1 aliphatic carbocycles. The van der Waals surface area contributed by atoms with Gasteiger partial charge in [-0.25, -0.2) is 18.2 Å². The van der Waals surface area contributed by atoms with Gasteiger partial charge in [-0.2, -0.15) is 4.31 Å². The van der Waals surface area contributed by atoms with E-state index >= 15 is 0 Å². The number of hydrogen-bond acceptors (Lipinski definition) is 8. The van der Waals surface area contributed by atoms with Gasteiger partial charge in [-0.1, -0.05) is 20.8 Å². The molecule has 5 rings (SSSR count). The van der Waals surface area contributed by atoms with Crippen molar-refractivity contribution in [2.45, 2.75) is 83.5 Å². The third-order valence-corrected chi connectivity index (χ3v) is 10.4. The molecule has 4 atom stereocenters. The molecule has 0 unspecified atom stereocenters. The van der Waals surface area contributed by atoms with Gasteiger partial charge in [0.15, 0.2) is 0 Å². The predicted molar refractivity (Wildman–Crippen MR) is 155 cm³/mol. The number of aromatic nitrogens is 2. The SMILES string of the molecule is C[C@@H]1CN(C(=O)OC2CCC(C)(C)CC2)CC[C@H]1c1nccc2cnc(N[C@@H]3CCN(S(C)(=O)=O)C[C@H]3O)cc12. The molecule has 0 spiro atoms. The Labute approximate surface area is 237 Å². The summed E-state index contributed by atoms with van der Waals surface area (Å²) < 4.78 is 31.0. The quantitative estimate of drug-likeness (QED) is 0.551. The second-order valence-electron chi connectivity index (χ2n) is 12.8. The van der Waals surface area contributed by atoms with Gasteiger partial charge in [-0.05, 0) is 62.0 Å². The molecule has 2 aromatic rings.